The van der Waals surface area contributed by atoms with E-state index in [2.05, 4.69) is 20.5 Å². The van der Waals surface area contributed by atoms with Gasteiger partial charge in [-0.15, -0.1) is 0 Å². The molecule has 0 aliphatic rings. The van der Waals surface area contributed by atoms with E-state index >= 15 is 0 Å². The molecule has 1 aromatic heterocycles. The van der Waals surface area contributed by atoms with Gasteiger partial charge in [0.25, 0.3) is 0 Å². The molecule has 0 saturated carbocycles. The first-order valence-electron chi connectivity index (χ1n) is 6.54. The van der Waals surface area contributed by atoms with E-state index in [1.165, 1.54) is 6.07 Å². The maximum Gasteiger partial charge on any atom is 0.387 e. The molecule has 0 aliphatic heterocycles. The van der Waals surface area contributed by atoms with Gasteiger partial charge in [0, 0.05) is 7.05 Å². The van der Waals surface area contributed by atoms with E-state index in [4.69, 9.17) is 12.2 Å². The summed E-state index contributed by atoms with van der Waals surface area (Å²) in [6, 6.07) is 8.30. The number of aryl methyl sites for hydroxylation is 2. The van der Waals surface area contributed by atoms with Crippen LogP contribution in [-0.2, 0) is 13.6 Å². The van der Waals surface area contributed by atoms with Gasteiger partial charge in [0.05, 0.1) is 23.6 Å². The van der Waals surface area contributed by atoms with E-state index in [9.17, 15) is 8.78 Å². The van der Waals surface area contributed by atoms with E-state index in [1.54, 1.807) is 22.9 Å². The minimum atomic E-state index is -2.89. The SMILES string of the molecule is Cc1cc(CNC(=S)Nc2ccccc2OC(F)F)n(C)n1. The number of rotatable bonds is 5. The van der Waals surface area contributed by atoms with Gasteiger partial charge in [0.15, 0.2) is 5.11 Å². The Kier molecular flexibility index (Phi) is 5.26. The zero-order valence-electron chi connectivity index (χ0n) is 12.1. The number of nitrogens with zero attached hydrogens (tertiary/aromatic N) is 2. The van der Waals surface area contributed by atoms with Crippen molar-refractivity contribution in [3.05, 3.63) is 41.7 Å². The number of anilines is 1. The van der Waals surface area contributed by atoms with Gasteiger partial charge in [-0.2, -0.15) is 13.9 Å². The highest BCUT2D eigenvalue weighted by molar-refractivity contribution is 7.80. The monoisotopic (exact) mass is 326 g/mol. The molecule has 0 unspecified atom stereocenters. The first-order chi connectivity index (χ1) is 10.5. The summed E-state index contributed by atoms with van der Waals surface area (Å²) in [5, 5.41) is 10.4. The quantitative estimate of drug-likeness (QED) is 0.828. The van der Waals surface area contributed by atoms with Crippen LogP contribution in [-0.4, -0.2) is 21.5 Å². The van der Waals surface area contributed by atoms with Gasteiger partial charge in [0.2, 0.25) is 0 Å². The predicted octanol–water partition coefficient (Wildman–Crippen LogP) is 2.82. The molecule has 0 saturated heterocycles. The standard InChI is InChI=1S/C14H16F2N4OS/c1-9-7-10(20(2)19-9)8-17-14(22)18-11-5-3-4-6-12(11)21-13(15)16/h3-7,13H,8H2,1-2H3,(H2,17,18,22). The molecule has 2 N–H and O–H groups in total. The number of benzene rings is 1. The maximum atomic E-state index is 12.3. The maximum absolute atomic E-state index is 12.3. The fraction of sp³-hybridized carbons (Fsp3) is 0.286. The van der Waals surface area contributed by atoms with Crippen LogP contribution < -0.4 is 15.4 Å². The summed E-state index contributed by atoms with van der Waals surface area (Å²) in [6.45, 7) is -0.513. The van der Waals surface area contributed by atoms with Crippen LogP contribution in [0.4, 0.5) is 14.5 Å². The first kappa shape index (κ1) is 16.2. The van der Waals surface area contributed by atoms with Crippen LogP contribution in [0, 0.1) is 6.92 Å². The first-order valence-corrected chi connectivity index (χ1v) is 6.94. The number of hydrogen-bond acceptors (Lipinski definition) is 3. The number of para-hydroxylation sites is 2. The molecule has 2 aromatic rings. The fourth-order valence-corrected chi connectivity index (χ4v) is 2.12. The van der Waals surface area contributed by atoms with Crippen LogP contribution in [0.25, 0.3) is 0 Å². The number of ether oxygens (including phenoxy) is 1. The highest BCUT2D eigenvalue weighted by Crippen LogP contribution is 2.25. The summed E-state index contributed by atoms with van der Waals surface area (Å²) in [7, 11) is 1.84. The van der Waals surface area contributed by atoms with E-state index in [1.807, 2.05) is 20.0 Å². The van der Waals surface area contributed by atoms with Crippen molar-refractivity contribution < 1.29 is 13.5 Å². The highest BCUT2D eigenvalue weighted by atomic mass is 32.1. The number of nitrogens with one attached hydrogen (secondary N) is 2. The van der Waals surface area contributed by atoms with Crippen molar-refractivity contribution in [2.24, 2.45) is 7.05 Å². The molecule has 2 rings (SSSR count). The number of halogens is 2. The second-order valence-electron chi connectivity index (χ2n) is 4.58. The Morgan fingerprint density at radius 3 is 2.77 bits per heavy atom. The van der Waals surface area contributed by atoms with E-state index in [-0.39, 0.29) is 5.75 Å². The Labute approximate surface area is 132 Å². The van der Waals surface area contributed by atoms with Gasteiger partial charge >= 0.3 is 6.61 Å². The Balaban J connectivity index is 1.96. The highest BCUT2D eigenvalue weighted by Gasteiger charge is 2.10. The van der Waals surface area contributed by atoms with Gasteiger partial charge in [-0.05, 0) is 37.3 Å². The molecule has 0 radical (unpaired) electrons. The second kappa shape index (κ2) is 7.17. The fourth-order valence-electron chi connectivity index (χ4n) is 1.94. The third-order valence-corrected chi connectivity index (χ3v) is 3.13. The second-order valence-corrected chi connectivity index (χ2v) is 4.99. The lowest BCUT2D eigenvalue weighted by atomic mass is 10.3. The summed E-state index contributed by atoms with van der Waals surface area (Å²) in [6.07, 6.45) is 0. The average molecular weight is 326 g/mol. The molecule has 1 heterocycles. The molecule has 0 bridgehead atoms. The van der Waals surface area contributed by atoms with Crippen molar-refractivity contribution in [1.29, 1.82) is 0 Å². The summed E-state index contributed by atoms with van der Waals surface area (Å²) >= 11 is 5.16. The van der Waals surface area contributed by atoms with Crippen LogP contribution in [0.5, 0.6) is 5.75 Å². The topological polar surface area (TPSA) is 51.1 Å². The number of thiocarbonyl (C=S) groups is 1. The zero-order chi connectivity index (χ0) is 16.1. The number of aromatic nitrogens is 2. The molecule has 5 nitrogen and oxygen atoms in total. The molecule has 22 heavy (non-hydrogen) atoms. The van der Waals surface area contributed by atoms with E-state index in [0.29, 0.717) is 17.3 Å². The summed E-state index contributed by atoms with van der Waals surface area (Å²) in [5.41, 5.74) is 2.24. The third-order valence-electron chi connectivity index (χ3n) is 2.88. The minimum Gasteiger partial charge on any atom is -0.433 e. The summed E-state index contributed by atoms with van der Waals surface area (Å²) < 4.78 is 30.9. The Bertz CT molecular complexity index is 660. The van der Waals surface area contributed by atoms with E-state index < -0.39 is 6.61 Å². The Morgan fingerprint density at radius 1 is 1.41 bits per heavy atom. The van der Waals surface area contributed by atoms with Crippen LogP contribution >= 0.6 is 12.2 Å². The Morgan fingerprint density at radius 2 is 2.14 bits per heavy atom. The largest absolute Gasteiger partial charge is 0.433 e. The zero-order valence-corrected chi connectivity index (χ0v) is 13.0. The molecule has 0 aliphatic carbocycles. The minimum absolute atomic E-state index is 0.0398. The molecular weight excluding hydrogens is 310 g/mol. The van der Waals surface area contributed by atoms with Crippen molar-refractivity contribution in [2.75, 3.05) is 5.32 Å². The summed E-state index contributed by atoms with van der Waals surface area (Å²) in [5.74, 6) is 0.0398. The molecule has 0 amide bonds. The molecule has 118 valence electrons. The molecule has 0 spiro atoms. The molecular formula is C14H16F2N4OS. The van der Waals surface area contributed by atoms with Gasteiger partial charge in [-0.3, -0.25) is 4.68 Å². The van der Waals surface area contributed by atoms with Crippen LogP contribution in [0.2, 0.25) is 0 Å². The van der Waals surface area contributed by atoms with Gasteiger partial charge < -0.3 is 15.4 Å². The van der Waals surface area contributed by atoms with Gasteiger partial charge in [-0.25, -0.2) is 0 Å². The number of hydrogen-bond donors (Lipinski definition) is 2. The lowest BCUT2D eigenvalue weighted by Gasteiger charge is -2.14. The predicted molar refractivity (Wildman–Crippen MR) is 84.1 cm³/mol. The van der Waals surface area contributed by atoms with Crippen molar-refractivity contribution in [3.8, 4) is 5.75 Å². The van der Waals surface area contributed by atoms with Crippen molar-refractivity contribution in [3.63, 3.8) is 0 Å². The number of alkyl halides is 2. The average Bonchev–Trinajstić information content (AvgIpc) is 2.76. The van der Waals surface area contributed by atoms with Crippen LogP contribution in [0.3, 0.4) is 0 Å². The van der Waals surface area contributed by atoms with Gasteiger partial charge in [-0.1, -0.05) is 12.1 Å². The van der Waals surface area contributed by atoms with Crippen LogP contribution in [0.15, 0.2) is 30.3 Å². The molecule has 0 atom stereocenters. The molecule has 1 aromatic carbocycles. The third kappa shape index (κ3) is 4.39. The van der Waals surface area contributed by atoms with Crippen molar-refractivity contribution in [2.45, 2.75) is 20.1 Å². The lowest BCUT2D eigenvalue weighted by molar-refractivity contribution is -0.0493. The molecule has 8 heteroatoms. The lowest BCUT2D eigenvalue weighted by Crippen LogP contribution is -2.29. The van der Waals surface area contributed by atoms with E-state index in [0.717, 1.165) is 11.4 Å². The van der Waals surface area contributed by atoms with Crippen molar-refractivity contribution in [1.82, 2.24) is 15.1 Å². The molecule has 0 fully saturated rings. The smallest absolute Gasteiger partial charge is 0.387 e. The van der Waals surface area contributed by atoms with Crippen molar-refractivity contribution >= 4 is 23.0 Å². The normalized spacial score (nSPS) is 10.6. The van der Waals surface area contributed by atoms with Crippen LogP contribution in [0.1, 0.15) is 11.4 Å². The van der Waals surface area contributed by atoms with Gasteiger partial charge in [0.1, 0.15) is 5.75 Å². The Hall–Kier alpha value is -2.22. The summed E-state index contributed by atoms with van der Waals surface area (Å²) in [4.78, 5) is 0.